The van der Waals surface area contributed by atoms with Gasteiger partial charge in [-0.25, -0.2) is 0 Å². The Hall–Kier alpha value is -1.56. The topological polar surface area (TPSA) is 57.6 Å². The van der Waals surface area contributed by atoms with Crippen LogP contribution in [0.5, 0.6) is 5.75 Å². The van der Waals surface area contributed by atoms with Crippen molar-refractivity contribution in [3.63, 3.8) is 0 Å². The Balaban J connectivity index is 2.28. The second kappa shape index (κ2) is 7.12. The van der Waals surface area contributed by atoms with E-state index < -0.39 is 27.5 Å². The van der Waals surface area contributed by atoms with Crippen molar-refractivity contribution >= 4 is 50.9 Å². The summed E-state index contributed by atoms with van der Waals surface area (Å²) in [6.07, 6.45) is 5.55. The molecule has 0 radical (unpaired) electrons. The number of amides is 2. The van der Waals surface area contributed by atoms with Crippen LogP contribution >= 0.6 is 39.1 Å². The molecule has 7 heteroatoms. The number of hydrogen-bond acceptors (Lipinski definition) is 3. The summed E-state index contributed by atoms with van der Waals surface area (Å²) in [5.74, 6) is -1.96. The number of likely N-dealkylation sites (tertiary alicyclic amines) is 1. The Labute approximate surface area is 176 Å². The van der Waals surface area contributed by atoms with Crippen molar-refractivity contribution < 1.29 is 14.7 Å². The van der Waals surface area contributed by atoms with E-state index in [2.05, 4.69) is 29.1 Å². The number of alkyl halides is 3. The van der Waals surface area contributed by atoms with Crippen LogP contribution in [0.15, 0.2) is 55.2 Å². The fourth-order valence-corrected chi connectivity index (χ4v) is 5.22. The van der Waals surface area contributed by atoms with E-state index in [0.29, 0.717) is 23.1 Å². The number of fused-ring (bicyclic) bond motifs is 1. The number of imide groups is 1. The van der Waals surface area contributed by atoms with Crippen LogP contribution < -0.4 is 0 Å². The number of nitrogens with zero attached hydrogens (tertiary/aromatic N) is 1. The van der Waals surface area contributed by atoms with Gasteiger partial charge in [0, 0.05) is 11.5 Å². The van der Waals surface area contributed by atoms with Crippen molar-refractivity contribution in [3.8, 4) is 5.75 Å². The average molecular weight is 471 g/mol. The molecular formula is C20H18BrCl2NO3. The van der Waals surface area contributed by atoms with Gasteiger partial charge in [-0.2, -0.15) is 0 Å². The normalized spacial score (nSPS) is 30.1. The van der Waals surface area contributed by atoms with Crippen molar-refractivity contribution in [2.75, 3.05) is 5.45 Å². The van der Waals surface area contributed by atoms with E-state index >= 15 is 0 Å². The number of phenols is 1. The van der Waals surface area contributed by atoms with Crippen LogP contribution in [0.3, 0.4) is 0 Å². The minimum absolute atomic E-state index is 0.00770. The molecule has 1 aliphatic heterocycles. The van der Waals surface area contributed by atoms with Crippen molar-refractivity contribution in [3.05, 3.63) is 66.3 Å². The van der Waals surface area contributed by atoms with Crippen molar-refractivity contribution in [1.29, 1.82) is 0 Å². The maximum Gasteiger partial charge on any atom is 0.254 e. The molecule has 2 aliphatic rings. The first-order valence-electron chi connectivity index (χ1n) is 8.32. The van der Waals surface area contributed by atoms with E-state index in [1.807, 2.05) is 0 Å². The van der Waals surface area contributed by atoms with E-state index in [1.165, 1.54) is 0 Å². The van der Waals surface area contributed by atoms with Crippen LogP contribution in [-0.2, 0) is 16.0 Å². The monoisotopic (exact) mass is 469 g/mol. The molecule has 0 saturated carbocycles. The standard InChI is InChI=1S/C20H18BrCl2NO3/c1-3-6-13-7-5-8-14(16(13)25)15-12(4-2)9-10-19(22)17(26)24(11-21)18(27)20(15,19)23/h3-5,7-9,15,25H,1-2,6,10-11H2. The molecule has 142 valence electrons. The molecule has 0 bridgehead atoms. The molecule has 1 fully saturated rings. The van der Waals surface area contributed by atoms with Gasteiger partial charge in [-0.15, -0.1) is 29.8 Å². The molecule has 1 aromatic carbocycles. The molecule has 1 saturated heterocycles. The van der Waals surface area contributed by atoms with Gasteiger partial charge in [0.2, 0.25) is 0 Å². The summed E-state index contributed by atoms with van der Waals surface area (Å²) < 4.78 is 0. The second-order valence-electron chi connectivity index (χ2n) is 6.56. The third-order valence-electron chi connectivity index (χ3n) is 5.25. The number of para-hydroxylation sites is 1. The fraction of sp³-hybridized carbons (Fsp3) is 0.300. The molecule has 0 aromatic heterocycles. The number of carbonyl (C=O) groups excluding carboxylic acids is 2. The van der Waals surface area contributed by atoms with Crippen LogP contribution in [0.1, 0.15) is 23.5 Å². The zero-order valence-electron chi connectivity index (χ0n) is 14.4. The van der Waals surface area contributed by atoms with Crippen molar-refractivity contribution in [1.82, 2.24) is 4.90 Å². The van der Waals surface area contributed by atoms with Gasteiger partial charge < -0.3 is 5.11 Å². The first kappa shape index (κ1) is 20.2. The highest BCUT2D eigenvalue weighted by molar-refractivity contribution is 9.09. The minimum atomic E-state index is -1.78. The van der Waals surface area contributed by atoms with E-state index in [1.54, 1.807) is 36.4 Å². The number of phenolic OH excluding ortho intramolecular Hbond substituents is 1. The molecule has 3 rings (SSSR count). The van der Waals surface area contributed by atoms with Crippen LogP contribution in [0.4, 0.5) is 0 Å². The van der Waals surface area contributed by atoms with Gasteiger partial charge in [-0.3, -0.25) is 14.5 Å². The highest BCUT2D eigenvalue weighted by Gasteiger charge is 2.72. The van der Waals surface area contributed by atoms with Crippen LogP contribution in [0, 0.1) is 0 Å². The summed E-state index contributed by atoms with van der Waals surface area (Å²) >= 11 is 16.8. The van der Waals surface area contributed by atoms with Gasteiger partial charge in [-0.05, 0) is 24.0 Å². The van der Waals surface area contributed by atoms with Gasteiger partial charge in [0.1, 0.15) is 5.75 Å². The summed E-state index contributed by atoms with van der Waals surface area (Å²) in [6.45, 7) is 7.51. The molecule has 1 aromatic rings. The second-order valence-corrected chi connectivity index (χ2v) is 8.31. The van der Waals surface area contributed by atoms with E-state index in [9.17, 15) is 14.7 Å². The Kier molecular flexibility index (Phi) is 5.32. The number of aromatic hydroxyl groups is 1. The summed E-state index contributed by atoms with van der Waals surface area (Å²) in [4.78, 5) is 23.6. The minimum Gasteiger partial charge on any atom is -0.507 e. The number of allylic oxidation sites excluding steroid dienone is 4. The highest BCUT2D eigenvalue weighted by atomic mass is 79.9. The van der Waals surface area contributed by atoms with Gasteiger partial charge in [0.05, 0.1) is 5.45 Å². The van der Waals surface area contributed by atoms with Gasteiger partial charge in [0.25, 0.3) is 11.8 Å². The van der Waals surface area contributed by atoms with Crippen LogP contribution in [0.2, 0.25) is 0 Å². The smallest absolute Gasteiger partial charge is 0.254 e. The predicted molar refractivity (Wildman–Crippen MR) is 110 cm³/mol. The molecule has 4 nitrogen and oxygen atoms in total. The molecule has 0 spiro atoms. The Morgan fingerprint density at radius 3 is 2.59 bits per heavy atom. The summed E-state index contributed by atoms with van der Waals surface area (Å²) in [6, 6.07) is 5.22. The molecule has 3 unspecified atom stereocenters. The summed E-state index contributed by atoms with van der Waals surface area (Å²) in [5.41, 5.74) is 1.71. The highest BCUT2D eigenvalue weighted by Crippen LogP contribution is 2.60. The van der Waals surface area contributed by atoms with E-state index in [4.69, 9.17) is 23.2 Å². The summed E-state index contributed by atoms with van der Waals surface area (Å²) in [5, 5.41) is 10.8. The molecule has 3 atom stereocenters. The first-order valence-corrected chi connectivity index (χ1v) is 10.2. The molecule has 1 heterocycles. The quantitative estimate of drug-likeness (QED) is 0.300. The van der Waals surface area contributed by atoms with Gasteiger partial charge in [0.15, 0.2) is 9.75 Å². The van der Waals surface area contributed by atoms with Gasteiger partial charge >= 0.3 is 0 Å². The van der Waals surface area contributed by atoms with E-state index in [-0.39, 0.29) is 17.6 Å². The average Bonchev–Trinajstić information content (AvgIpc) is 2.80. The number of rotatable bonds is 5. The molecular weight excluding hydrogens is 453 g/mol. The molecule has 2 amide bonds. The summed E-state index contributed by atoms with van der Waals surface area (Å²) in [7, 11) is 0. The van der Waals surface area contributed by atoms with Crippen molar-refractivity contribution in [2.45, 2.75) is 28.5 Å². The zero-order chi connectivity index (χ0) is 20.0. The third kappa shape index (κ3) is 2.63. The maximum atomic E-state index is 13.2. The number of halogens is 3. The first-order chi connectivity index (χ1) is 12.8. The maximum absolute atomic E-state index is 13.2. The molecule has 1 N–H and O–H groups in total. The fourth-order valence-electron chi connectivity index (χ4n) is 3.89. The predicted octanol–water partition coefficient (Wildman–Crippen LogP) is 4.40. The number of hydrogen-bond donors (Lipinski definition) is 1. The Morgan fingerprint density at radius 1 is 1.30 bits per heavy atom. The van der Waals surface area contributed by atoms with Gasteiger partial charge in [-0.1, -0.05) is 58.9 Å². The van der Waals surface area contributed by atoms with Crippen molar-refractivity contribution in [2.24, 2.45) is 0 Å². The molecule has 27 heavy (non-hydrogen) atoms. The molecule has 1 aliphatic carbocycles. The SMILES string of the molecule is C=CCc1cccc(C2C(C=C)=CCC3(Cl)C(=O)N(CBr)C(=O)C23Cl)c1O. The Morgan fingerprint density at radius 2 is 2.00 bits per heavy atom. The lowest BCUT2D eigenvalue weighted by Crippen LogP contribution is -2.54. The third-order valence-corrected chi connectivity index (χ3v) is 7.16. The number of benzene rings is 1. The zero-order valence-corrected chi connectivity index (χ0v) is 17.5. The van der Waals surface area contributed by atoms with E-state index in [0.717, 1.165) is 4.90 Å². The number of carbonyl (C=O) groups is 2. The Bertz CT molecular complexity index is 884. The lowest BCUT2D eigenvalue weighted by molar-refractivity contribution is -0.138. The van der Waals surface area contributed by atoms with Crippen LogP contribution in [0.25, 0.3) is 0 Å². The van der Waals surface area contributed by atoms with Crippen LogP contribution in [-0.4, -0.2) is 37.0 Å². The lowest BCUT2D eigenvalue weighted by Gasteiger charge is -2.42. The largest absolute Gasteiger partial charge is 0.507 e. The lowest BCUT2D eigenvalue weighted by atomic mass is 9.68.